The Morgan fingerprint density at radius 2 is 2.16 bits per heavy atom. The SMILES string of the molecule is COCc1cccc(C(=O)NC2CCNCC2)c1.Cl. The van der Waals surface area contributed by atoms with E-state index in [9.17, 15) is 4.79 Å². The highest BCUT2D eigenvalue weighted by Crippen LogP contribution is 2.08. The number of carbonyl (C=O) groups excluding carboxylic acids is 1. The first-order valence-electron chi connectivity index (χ1n) is 6.39. The minimum Gasteiger partial charge on any atom is -0.380 e. The molecule has 2 N–H and O–H groups in total. The van der Waals surface area contributed by atoms with Crippen LogP contribution in [-0.2, 0) is 11.3 Å². The Bertz CT molecular complexity index is 406. The maximum atomic E-state index is 12.1. The Morgan fingerprint density at radius 3 is 2.84 bits per heavy atom. The van der Waals surface area contributed by atoms with Gasteiger partial charge >= 0.3 is 0 Å². The van der Waals surface area contributed by atoms with E-state index in [1.54, 1.807) is 7.11 Å². The molecule has 5 heteroatoms. The normalized spacial score (nSPS) is 15.6. The minimum atomic E-state index is 0. The number of piperidine rings is 1. The molecule has 0 saturated carbocycles. The van der Waals surface area contributed by atoms with E-state index in [4.69, 9.17) is 4.74 Å². The zero-order chi connectivity index (χ0) is 12.8. The number of methoxy groups -OCH3 is 1. The predicted molar refractivity (Wildman–Crippen MR) is 77.8 cm³/mol. The van der Waals surface area contributed by atoms with Gasteiger partial charge in [0.25, 0.3) is 5.91 Å². The molecule has 19 heavy (non-hydrogen) atoms. The second-order valence-corrected chi connectivity index (χ2v) is 4.63. The van der Waals surface area contributed by atoms with Gasteiger partial charge < -0.3 is 15.4 Å². The van der Waals surface area contributed by atoms with Crippen molar-refractivity contribution in [2.75, 3.05) is 20.2 Å². The number of hydrogen-bond acceptors (Lipinski definition) is 3. The summed E-state index contributed by atoms with van der Waals surface area (Å²) in [6.45, 7) is 2.50. The summed E-state index contributed by atoms with van der Waals surface area (Å²) in [7, 11) is 1.65. The molecule has 1 aromatic carbocycles. The third-order valence-corrected chi connectivity index (χ3v) is 3.17. The van der Waals surface area contributed by atoms with Crippen molar-refractivity contribution in [2.24, 2.45) is 0 Å². The van der Waals surface area contributed by atoms with Gasteiger partial charge in [0.15, 0.2) is 0 Å². The average Bonchev–Trinajstić information content (AvgIpc) is 2.40. The van der Waals surface area contributed by atoms with Gasteiger partial charge in [-0.05, 0) is 43.6 Å². The maximum Gasteiger partial charge on any atom is 0.251 e. The Kier molecular flexibility index (Phi) is 6.84. The van der Waals surface area contributed by atoms with Gasteiger partial charge in [-0.25, -0.2) is 0 Å². The van der Waals surface area contributed by atoms with Crippen molar-refractivity contribution < 1.29 is 9.53 Å². The molecule has 1 fully saturated rings. The Balaban J connectivity index is 0.00000180. The molecule has 1 aliphatic heterocycles. The van der Waals surface area contributed by atoms with Crippen molar-refractivity contribution in [3.8, 4) is 0 Å². The van der Waals surface area contributed by atoms with Crippen LogP contribution in [0.2, 0.25) is 0 Å². The summed E-state index contributed by atoms with van der Waals surface area (Å²) < 4.78 is 5.07. The lowest BCUT2D eigenvalue weighted by molar-refractivity contribution is 0.0929. The first-order valence-corrected chi connectivity index (χ1v) is 6.39. The number of halogens is 1. The second kappa shape index (κ2) is 8.15. The highest BCUT2D eigenvalue weighted by Gasteiger charge is 2.16. The van der Waals surface area contributed by atoms with E-state index in [-0.39, 0.29) is 18.3 Å². The van der Waals surface area contributed by atoms with Gasteiger partial charge in [-0.15, -0.1) is 12.4 Å². The first-order chi connectivity index (χ1) is 8.79. The summed E-state index contributed by atoms with van der Waals surface area (Å²) in [4.78, 5) is 12.1. The summed E-state index contributed by atoms with van der Waals surface area (Å²) in [5.74, 6) is 0.0138. The number of rotatable bonds is 4. The monoisotopic (exact) mass is 284 g/mol. The molecule has 106 valence electrons. The fraction of sp³-hybridized carbons (Fsp3) is 0.500. The fourth-order valence-electron chi connectivity index (χ4n) is 2.20. The summed E-state index contributed by atoms with van der Waals surface area (Å²) in [6.07, 6.45) is 2.01. The lowest BCUT2D eigenvalue weighted by atomic mass is 10.1. The standard InChI is InChI=1S/C14H20N2O2.ClH/c1-18-10-11-3-2-4-12(9-11)14(17)16-13-5-7-15-8-6-13;/h2-4,9,13,15H,5-8,10H2,1H3,(H,16,17);1H. The van der Waals surface area contributed by atoms with Crippen LogP contribution < -0.4 is 10.6 Å². The zero-order valence-corrected chi connectivity index (χ0v) is 12.0. The maximum absolute atomic E-state index is 12.1. The number of nitrogens with one attached hydrogen (secondary N) is 2. The molecular weight excluding hydrogens is 264 g/mol. The quantitative estimate of drug-likeness (QED) is 0.885. The van der Waals surface area contributed by atoms with E-state index in [1.165, 1.54) is 0 Å². The second-order valence-electron chi connectivity index (χ2n) is 4.63. The molecule has 4 nitrogen and oxygen atoms in total. The number of benzene rings is 1. The summed E-state index contributed by atoms with van der Waals surface area (Å²) in [5.41, 5.74) is 1.73. The van der Waals surface area contributed by atoms with Gasteiger partial charge in [0.1, 0.15) is 0 Å². The van der Waals surface area contributed by atoms with Crippen molar-refractivity contribution >= 4 is 18.3 Å². The predicted octanol–water partition coefficient (Wildman–Crippen LogP) is 1.74. The highest BCUT2D eigenvalue weighted by atomic mass is 35.5. The van der Waals surface area contributed by atoms with E-state index in [1.807, 2.05) is 24.3 Å². The fourth-order valence-corrected chi connectivity index (χ4v) is 2.20. The van der Waals surface area contributed by atoms with E-state index < -0.39 is 0 Å². The van der Waals surface area contributed by atoms with Gasteiger partial charge in [-0.1, -0.05) is 12.1 Å². The van der Waals surface area contributed by atoms with E-state index in [2.05, 4.69) is 10.6 Å². The number of ether oxygens (including phenoxy) is 1. The van der Waals surface area contributed by atoms with Crippen LogP contribution in [0.15, 0.2) is 24.3 Å². The molecular formula is C14H21ClN2O2. The molecule has 0 bridgehead atoms. The van der Waals surface area contributed by atoms with Crippen LogP contribution in [-0.4, -0.2) is 32.1 Å². The summed E-state index contributed by atoms with van der Waals surface area (Å²) in [5, 5.41) is 6.37. The molecule has 0 radical (unpaired) electrons. The van der Waals surface area contributed by atoms with Gasteiger partial charge in [-0.2, -0.15) is 0 Å². The minimum absolute atomic E-state index is 0. The van der Waals surface area contributed by atoms with E-state index in [0.29, 0.717) is 18.2 Å². The van der Waals surface area contributed by atoms with Crippen LogP contribution in [0.3, 0.4) is 0 Å². The van der Waals surface area contributed by atoms with Gasteiger partial charge in [0.05, 0.1) is 6.61 Å². The Hall–Kier alpha value is -1.10. The topological polar surface area (TPSA) is 50.4 Å². The smallest absolute Gasteiger partial charge is 0.251 e. The molecule has 2 rings (SSSR count). The summed E-state index contributed by atoms with van der Waals surface area (Å²) >= 11 is 0. The van der Waals surface area contributed by atoms with Gasteiger partial charge in [0.2, 0.25) is 0 Å². The molecule has 0 aromatic heterocycles. The highest BCUT2D eigenvalue weighted by molar-refractivity contribution is 5.94. The molecule has 1 saturated heterocycles. The average molecular weight is 285 g/mol. The van der Waals surface area contributed by atoms with Crippen molar-refractivity contribution in [2.45, 2.75) is 25.5 Å². The zero-order valence-electron chi connectivity index (χ0n) is 11.1. The largest absolute Gasteiger partial charge is 0.380 e. The first kappa shape index (κ1) is 16.0. The lowest BCUT2D eigenvalue weighted by Gasteiger charge is -2.23. The van der Waals surface area contributed by atoms with Crippen LogP contribution in [0.1, 0.15) is 28.8 Å². The molecule has 1 aliphatic rings. The van der Waals surface area contributed by atoms with Gasteiger partial charge in [-0.3, -0.25) is 4.79 Å². The molecule has 1 heterocycles. The van der Waals surface area contributed by atoms with E-state index >= 15 is 0 Å². The Labute approximate surface area is 120 Å². The molecule has 0 unspecified atom stereocenters. The third kappa shape index (κ3) is 4.82. The molecule has 1 aromatic rings. The van der Waals surface area contributed by atoms with Crippen LogP contribution in [0.5, 0.6) is 0 Å². The molecule has 0 spiro atoms. The number of hydrogen-bond donors (Lipinski definition) is 2. The van der Waals surface area contributed by atoms with Crippen LogP contribution in [0.25, 0.3) is 0 Å². The van der Waals surface area contributed by atoms with Crippen LogP contribution >= 0.6 is 12.4 Å². The van der Waals surface area contributed by atoms with Crippen molar-refractivity contribution in [1.82, 2.24) is 10.6 Å². The lowest BCUT2D eigenvalue weighted by Crippen LogP contribution is -2.42. The molecule has 0 atom stereocenters. The van der Waals surface area contributed by atoms with E-state index in [0.717, 1.165) is 31.5 Å². The Morgan fingerprint density at radius 1 is 1.42 bits per heavy atom. The van der Waals surface area contributed by atoms with Gasteiger partial charge in [0, 0.05) is 18.7 Å². The van der Waals surface area contributed by atoms with Crippen molar-refractivity contribution in [3.63, 3.8) is 0 Å². The molecule has 1 amide bonds. The summed E-state index contributed by atoms with van der Waals surface area (Å²) in [6, 6.07) is 7.89. The molecule has 0 aliphatic carbocycles. The van der Waals surface area contributed by atoms with Crippen molar-refractivity contribution in [3.05, 3.63) is 35.4 Å². The van der Waals surface area contributed by atoms with Crippen LogP contribution in [0.4, 0.5) is 0 Å². The van der Waals surface area contributed by atoms with Crippen LogP contribution in [0, 0.1) is 0 Å². The third-order valence-electron chi connectivity index (χ3n) is 3.17. The number of amides is 1. The number of carbonyl (C=O) groups is 1. The van der Waals surface area contributed by atoms with Crippen molar-refractivity contribution in [1.29, 1.82) is 0 Å².